The number of carbonyl (C=O) groups is 3. The zero-order valence-corrected chi connectivity index (χ0v) is 19.8. The molecule has 1 saturated heterocycles. The molecular formula is C25H31N3O3S. The molecule has 2 aliphatic rings. The van der Waals surface area contributed by atoms with Crippen molar-refractivity contribution in [2.75, 3.05) is 16.3 Å². The molecule has 3 amide bonds. The molecule has 1 fully saturated rings. The molecule has 7 heteroatoms. The molecule has 0 saturated carbocycles. The summed E-state index contributed by atoms with van der Waals surface area (Å²) >= 11 is 1.59. The molecule has 1 aromatic carbocycles. The summed E-state index contributed by atoms with van der Waals surface area (Å²) in [4.78, 5) is 42.5. The number of rotatable bonds is 7. The predicted octanol–water partition coefficient (Wildman–Crippen LogP) is 4.13. The van der Waals surface area contributed by atoms with E-state index < -0.39 is 6.04 Å². The third-order valence-electron chi connectivity index (χ3n) is 6.23. The fourth-order valence-corrected chi connectivity index (χ4v) is 5.40. The van der Waals surface area contributed by atoms with Crippen LogP contribution in [0.3, 0.4) is 0 Å². The van der Waals surface area contributed by atoms with E-state index in [0.29, 0.717) is 31.8 Å². The van der Waals surface area contributed by atoms with Gasteiger partial charge in [-0.1, -0.05) is 32.9 Å². The van der Waals surface area contributed by atoms with Crippen molar-refractivity contribution < 1.29 is 14.4 Å². The number of hydrogen-bond donors (Lipinski definition) is 1. The van der Waals surface area contributed by atoms with Crippen molar-refractivity contribution in [3.05, 3.63) is 46.2 Å². The second kappa shape index (κ2) is 9.45. The average Bonchev–Trinajstić information content (AvgIpc) is 3.41. The number of amides is 3. The second-order valence-corrected chi connectivity index (χ2v) is 10.1. The van der Waals surface area contributed by atoms with Crippen LogP contribution in [-0.2, 0) is 27.3 Å². The summed E-state index contributed by atoms with van der Waals surface area (Å²) < 4.78 is 0. The Morgan fingerprint density at radius 2 is 2.03 bits per heavy atom. The molecule has 0 bridgehead atoms. The summed E-state index contributed by atoms with van der Waals surface area (Å²) in [6.07, 6.45) is 2.58. The summed E-state index contributed by atoms with van der Waals surface area (Å²) in [6.45, 7) is 7.19. The van der Waals surface area contributed by atoms with E-state index in [2.05, 4.69) is 19.2 Å². The van der Waals surface area contributed by atoms with Crippen molar-refractivity contribution in [1.29, 1.82) is 0 Å². The highest BCUT2D eigenvalue weighted by Crippen LogP contribution is 2.40. The van der Waals surface area contributed by atoms with Crippen molar-refractivity contribution in [1.82, 2.24) is 5.32 Å². The van der Waals surface area contributed by atoms with Gasteiger partial charge in [-0.15, -0.1) is 0 Å². The standard InChI is InChI=1S/C25H31N3O3S/c1-16(2)12-17(3)24(30)26-20-13-19-6-4-7-21(27-10-5-8-22(27)29)23(19)28(25(20)31)14-18-9-11-32-15-18/h4,6-7,9,11,15-17,20H,5,8,10,12-14H2,1-3H3,(H,26,30)/t17-,20?/m1/s1. The fourth-order valence-electron chi connectivity index (χ4n) is 4.74. The Morgan fingerprint density at radius 3 is 2.69 bits per heavy atom. The second-order valence-electron chi connectivity index (χ2n) is 9.29. The van der Waals surface area contributed by atoms with Crippen molar-refractivity contribution >= 4 is 40.4 Å². The van der Waals surface area contributed by atoms with E-state index in [1.165, 1.54) is 0 Å². The van der Waals surface area contributed by atoms with Crippen LogP contribution in [0.5, 0.6) is 0 Å². The highest BCUT2D eigenvalue weighted by molar-refractivity contribution is 7.07. The molecule has 6 nitrogen and oxygen atoms in total. The normalized spacial score (nSPS) is 19.4. The van der Waals surface area contributed by atoms with Gasteiger partial charge in [0.1, 0.15) is 6.04 Å². The van der Waals surface area contributed by atoms with Crippen LogP contribution in [0.2, 0.25) is 0 Å². The van der Waals surface area contributed by atoms with E-state index in [9.17, 15) is 14.4 Å². The number of thiophene rings is 1. The van der Waals surface area contributed by atoms with Gasteiger partial charge in [0.05, 0.1) is 17.9 Å². The van der Waals surface area contributed by atoms with Crippen molar-refractivity contribution in [3.63, 3.8) is 0 Å². The Balaban J connectivity index is 1.68. The maximum atomic E-state index is 13.7. The van der Waals surface area contributed by atoms with Crippen LogP contribution in [-0.4, -0.2) is 30.3 Å². The topological polar surface area (TPSA) is 69.7 Å². The Kier molecular flexibility index (Phi) is 6.65. The summed E-state index contributed by atoms with van der Waals surface area (Å²) in [7, 11) is 0. The van der Waals surface area contributed by atoms with Crippen LogP contribution >= 0.6 is 11.3 Å². The molecule has 0 aliphatic carbocycles. The first-order chi connectivity index (χ1) is 15.3. The minimum Gasteiger partial charge on any atom is -0.344 e. The van der Waals surface area contributed by atoms with Gasteiger partial charge < -0.3 is 15.1 Å². The largest absolute Gasteiger partial charge is 0.344 e. The lowest BCUT2D eigenvalue weighted by Gasteiger charge is -2.37. The van der Waals surface area contributed by atoms with E-state index in [4.69, 9.17) is 0 Å². The number of nitrogens with zero attached hydrogens (tertiary/aromatic N) is 2. The van der Waals surface area contributed by atoms with E-state index >= 15 is 0 Å². The van der Waals surface area contributed by atoms with Gasteiger partial charge in [0.2, 0.25) is 17.7 Å². The van der Waals surface area contributed by atoms with Crippen molar-refractivity contribution in [2.45, 2.75) is 59.0 Å². The molecule has 1 N–H and O–H groups in total. The molecule has 170 valence electrons. The van der Waals surface area contributed by atoms with Crippen LogP contribution in [0.4, 0.5) is 11.4 Å². The number of anilines is 2. The lowest BCUT2D eigenvalue weighted by Crippen LogP contribution is -2.54. The molecule has 4 rings (SSSR count). The Morgan fingerprint density at radius 1 is 1.22 bits per heavy atom. The molecule has 1 unspecified atom stereocenters. The first-order valence-electron chi connectivity index (χ1n) is 11.4. The number of nitrogens with one attached hydrogen (secondary N) is 1. The number of para-hydroxylation sites is 1. The van der Waals surface area contributed by atoms with E-state index in [0.717, 1.165) is 35.3 Å². The summed E-state index contributed by atoms with van der Waals surface area (Å²) in [5.41, 5.74) is 3.63. The predicted molar refractivity (Wildman–Crippen MR) is 128 cm³/mol. The van der Waals surface area contributed by atoms with Gasteiger partial charge in [-0.05, 0) is 52.8 Å². The van der Waals surface area contributed by atoms with Crippen LogP contribution < -0.4 is 15.1 Å². The van der Waals surface area contributed by atoms with Crippen molar-refractivity contribution in [2.24, 2.45) is 11.8 Å². The molecule has 3 heterocycles. The Labute approximate surface area is 193 Å². The highest BCUT2D eigenvalue weighted by Gasteiger charge is 2.38. The summed E-state index contributed by atoms with van der Waals surface area (Å²) in [5.74, 6) is 0.159. The van der Waals surface area contributed by atoms with Crippen LogP contribution in [0.25, 0.3) is 0 Å². The molecule has 0 spiro atoms. The van der Waals surface area contributed by atoms with Crippen LogP contribution in [0, 0.1) is 11.8 Å². The number of carbonyl (C=O) groups excluding carboxylic acids is 3. The molecule has 2 aliphatic heterocycles. The lowest BCUT2D eigenvalue weighted by molar-refractivity contribution is -0.130. The third kappa shape index (κ3) is 4.58. The number of hydrogen-bond acceptors (Lipinski definition) is 4. The van der Waals surface area contributed by atoms with Crippen LogP contribution in [0.1, 0.15) is 51.2 Å². The third-order valence-corrected chi connectivity index (χ3v) is 6.96. The molecule has 0 radical (unpaired) electrons. The van der Waals surface area contributed by atoms with Gasteiger partial charge in [0.25, 0.3) is 0 Å². The minimum atomic E-state index is -0.604. The first kappa shape index (κ1) is 22.5. The molecule has 32 heavy (non-hydrogen) atoms. The Bertz CT molecular complexity index is 1000. The minimum absolute atomic E-state index is 0.0816. The molecule has 2 atom stereocenters. The highest BCUT2D eigenvalue weighted by atomic mass is 32.1. The Hall–Kier alpha value is -2.67. The maximum absolute atomic E-state index is 13.7. The fraction of sp³-hybridized carbons (Fsp3) is 0.480. The molecule has 1 aromatic heterocycles. The van der Waals surface area contributed by atoms with E-state index in [1.807, 2.05) is 41.9 Å². The maximum Gasteiger partial charge on any atom is 0.250 e. The zero-order valence-electron chi connectivity index (χ0n) is 19.0. The van der Waals surface area contributed by atoms with E-state index in [-0.39, 0.29) is 23.6 Å². The van der Waals surface area contributed by atoms with Crippen molar-refractivity contribution in [3.8, 4) is 0 Å². The lowest BCUT2D eigenvalue weighted by atomic mass is 9.93. The van der Waals surface area contributed by atoms with Gasteiger partial charge in [0, 0.05) is 25.3 Å². The zero-order chi connectivity index (χ0) is 22.8. The quantitative estimate of drug-likeness (QED) is 0.685. The number of fused-ring (bicyclic) bond motifs is 1. The monoisotopic (exact) mass is 453 g/mol. The van der Waals surface area contributed by atoms with E-state index in [1.54, 1.807) is 21.1 Å². The average molecular weight is 454 g/mol. The van der Waals surface area contributed by atoms with Gasteiger partial charge >= 0.3 is 0 Å². The summed E-state index contributed by atoms with van der Waals surface area (Å²) in [6, 6.07) is 7.28. The van der Waals surface area contributed by atoms with Gasteiger partial charge in [-0.25, -0.2) is 0 Å². The SMILES string of the molecule is CC(C)C[C@@H](C)C(=O)NC1Cc2cccc(N3CCCC3=O)c2N(Cc2ccsc2)C1=O. The van der Waals surface area contributed by atoms with Gasteiger partial charge in [-0.2, -0.15) is 11.3 Å². The van der Waals surface area contributed by atoms with Gasteiger partial charge in [-0.3, -0.25) is 14.4 Å². The van der Waals surface area contributed by atoms with Gasteiger partial charge in [0.15, 0.2) is 0 Å². The number of benzene rings is 1. The smallest absolute Gasteiger partial charge is 0.250 e. The van der Waals surface area contributed by atoms with Crippen LogP contribution in [0.15, 0.2) is 35.0 Å². The molecule has 2 aromatic rings. The molecular weight excluding hydrogens is 422 g/mol. The summed E-state index contributed by atoms with van der Waals surface area (Å²) in [5, 5.41) is 7.04. The first-order valence-corrected chi connectivity index (χ1v) is 12.3.